The number of carbonyl (C=O) groups is 1. The molecule has 0 radical (unpaired) electrons. The van der Waals surface area contributed by atoms with Gasteiger partial charge in [0.1, 0.15) is 5.82 Å². The van der Waals surface area contributed by atoms with Gasteiger partial charge in [0.05, 0.1) is 20.8 Å². The average molecular weight is 522 g/mol. The number of nitrogens with one attached hydrogen (secondary N) is 1. The standard InChI is InChI=1S/C26H27N5O3S2/c1-17-6-5-15-30(16-17)36(33,34)19-13-11-18(12-14-19)25(32)28-24-20-7-4-9-21(20)29-31(24)26-27-22-8-2-3-10-23(22)35-26/h2-3,8,10-14,17H,4-7,9,15-16H2,1H3,(H,28,32). The Morgan fingerprint density at radius 3 is 2.67 bits per heavy atom. The highest BCUT2D eigenvalue weighted by atomic mass is 32.2. The topological polar surface area (TPSA) is 97.2 Å². The lowest BCUT2D eigenvalue weighted by atomic mass is 10.0. The number of hydrogen-bond donors (Lipinski definition) is 1. The summed E-state index contributed by atoms with van der Waals surface area (Å²) in [7, 11) is -3.57. The minimum atomic E-state index is -3.57. The predicted octanol–water partition coefficient (Wildman–Crippen LogP) is 4.64. The van der Waals surface area contributed by atoms with Crippen molar-refractivity contribution in [2.45, 2.75) is 43.9 Å². The van der Waals surface area contributed by atoms with Crippen LogP contribution < -0.4 is 5.32 Å². The van der Waals surface area contributed by atoms with E-state index in [1.165, 1.54) is 23.5 Å². The summed E-state index contributed by atoms with van der Waals surface area (Å²) in [6.45, 7) is 3.14. The largest absolute Gasteiger partial charge is 0.306 e. The number of carbonyl (C=O) groups excluding carboxylic acids is 1. The van der Waals surface area contributed by atoms with Crippen molar-refractivity contribution in [3.63, 3.8) is 0 Å². The molecule has 10 heteroatoms. The summed E-state index contributed by atoms with van der Waals surface area (Å²) in [6.07, 6.45) is 4.64. The summed E-state index contributed by atoms with van der Waals surface area (Å²) < 4.78 is 30.5. The van der Waals surface area contributed by atoms with Crippen LogP contribution in [0.4, 0.5) is 5.82 Å². The van der Waals surface area contributed by atoms with Crippen molar-refractivity contribution in [3.8, 4) is 5.13 Å². The molecule has 0 saturated carbocycles. The van der Waals surface area contributed by atoms with Gasteiger partial charge in [0, 0.05) is 24.2 Å². The van der Waals surface area contributed by atoms with Crippen molar-refractivity contribution in [1.29, 1.82) is 0 Å². The van der Waals surface area contributed by atoms with Crippen molar-refractivity contribution in [2.75, 3.05) is 18.4 Å². The molecule has 36 heavy (non-hydrogen) atoms. The van der Waals surface area contributed by atoms with Gasteiger partial charge < -0.3 is 5.32 Å². The maximum Gasteiger partial charge on any atom is 0.256 e. The molecule has 2 aliphatic rings. The number of fused-ring (bicyclic) bond motifs is 2. The third kappa shape index (κ3) is 4.12. The van der Waals surface area contributed by atoms with Crippen LogP contribution in [0.5, 0.6) is 0 Å². The summed E-state index contributed by atoms with van der Waals surface area (Å²) in [6, 6.07) is 14.1. The molecule has 1 aliphatic carbocycles. The number of hydrogen-bond acceptors (Lipinski definition) is 6. The second-order valence-electron chi connectivity index (χ2n) is 9.59. The Morgan fingerprint density at radius 2 is 1.89 bits per heavy atom. The minimum absolute atomic E-state index is 0.216. The number of aromatic nitrogens is 3. The minimum Gasteiger partial charge on any atom is -0.306 e. The molecular weight excluding hydrogens is 494 g/mol. The zero-order chi connectivity index (χ0) is 24.9. The molecule has 2 aromatic carbocycles. The number of anilines is 1. The molecule has 1 fully saturated rings. The molecule has 3 heterocycles. The van der Waals surface area contributed by atoms with E-state index in [4.69, 9.17) is 10.1 Å². The number of piperidine rings is 1. The second kappa shape index (κ2) is 9.10. The molecule has 6 rings (SSSR count). The van der Waals surface area contributed by atoms with Gasteiger partial charge in [-0.15, -0.1) is 0 Å². The zero-order valence-electron chi connectivity index (χ0n) is 20.0. The van der Waals surface area contributed by atoms with Crippen molar-refractivity contribution >= 4 is 43.3 Å². The van der Waals surface area contributed by atoms with Crippen molar-refractivity contribution in [3.05, 3.63) is 65.4 Å². The van der Waals surface area contributed by atoms with Gasteiger partial charge in [-0.3, -0.25) is 4.79 Å². The number of thiazole rings is 1. The number of aryl methyl sites for hydroxylation is 1. The molecule has 8 nitrogen and oxygen atoms in total. The molecule has 0 bridgehead atoms. The highest BCUT2D eigenvalue weighted by molar-refractivity contribution is 7.89. The number of para-hydroxylation sites is 1. The van der Waals surface area contributed by atoms with Crippen molar-refractivity contribution < 1.29 is 13.2 Å². The van der Waals surface area contributed by atoms with E-state index in [9.17, 15) is 13.2 Å². The van der Waals surface area contributed by atoms with Gasteiger partial charge in [-0.2, -0.15) is 14.1 Å². The van der Waals surface area contributed by atoms with E-state index >= 15 is 0 Å². The highest BCUT2D eigenvalue weighted by Gasteiger charge is 2.29. The Balaban J connectivity index is 1.27. The Bertz CT molecular complexity index is 1520. The van der Waals surface area contributed by atoms with E-state index in [0.717, 1.165) is 53.6 Å². The van der Waals surface area contributed by atoms with Gasteiger partial charge >= 0.3 is 0 Å². The van der Waals surface area contributed by atoms with Crippen molar-refractivity contribution in [1.82, 2.24) is 19.1 Å². The number of rotatable bonds is 5. The van der Waals surface area contributed by atoms with Gasteiger partial charge in [-0.05, 0) is 74.4 Å². The van der Waals surface area contributed by atoms with Gasteiger partial charge in [-0.25, -0.2) is 13.4 Å². The number of sulfonamides is 1. The molecule has 1 saturated heterocycles. The molecular formula is C26H27N5O3S2. The monoisotopic (exact) mass is 521 g/mol. The summed E-state index contributed by atoms with van der Waals surface area (Å²) in [5.41, 5.74) is 3.32. The maximum absolute atomic E-state index is 13.2. The van der Waals surface area contributed by atoms with Gasteiger partial charge in [0.15, 0.2) is 0 Å². The van der Waals surface area contributed by atoms with Gasteiger partial charge in [0.2, 0.25) is 15.2 Å². The maximum atomic E-state index is 13.2. The van der Waals surface area contributed by atoms with Crippen LogP contribution in [0, 0.1) is 5.92 Å². The molecule has 1 unspecified atom stereocenters. The molecule has 1 N–H and O–H groups in total. The third-order valence-electron chi connectivity index (χ3n) is 6.98. The fourth-order valence-electron chi connectivity index (χ4n) is 5.08. The van der Waals surface area contributed by atoms with E-state index in [2.05, 4.69) is 12.2 Å². The molecule has 2 aromatic heterocycles. The Hall–Kier alpha value is -3.08. The van der Waals surface area contributed by atoms with Crippen LogP contribution in [0.25, 0.3) is 15.3 Å². The van der Waals surface area contributed by atoms with Crippen LogP contribution in [-0.4, -0.2) is 46.5 Å². The zero-order valence-corrected chi connectivity index (χ0v) is 21.6. The number of nitrogens with zero attached hydrogens (tertiary/aromatic N) is 4. The van der Waals surface area contributed by atoms with Crippen LogP contribution >= 0.6 is 11.3 Å². The predicted molar refractivity (Wildman–Crippen MR) is 140 cm³/mol. The Morgan fingerprint density at radius 1 is 1.08 bits per heavy atom. The molecule has 1 aliphatic heterocycles. The summed E-state index contributed by atoms with van der Waals surface area (Å²) in [5.74, 6) is 0.689. The second-order valence-corrected chi connectivity index (χ2v) is 12.5. The third-order valence-corrected chi connectivity index (χ3v) is 9.87. The summed E-state index contributed by atoms with van der Waals surface area (Å²) in [4.78, 5) is 18.2. The van der Waals surface area contributed by atoms with Crippen LogP contribution in [-0.2, 0) is 22.9 Å². The van der Waals surface area contributed by atoms with Crippen LogP contribution in [0.3, 0.4) is 0 Å². The SMILES string of the molecule is CC1CCCN(S(=O)(=O)c2ccc(C(=O)Nc3c4c(nn3-c3nc5ccccc5s3)CCC4)cc2)C1. The lowest BCUT2D eigenvalue weighted by Gasteiger charge is -2.30. The van der Waals surface area contributed by atoms with E-state index in [1.54, 1.807) is 21.1 Å². The molecule has 1 amide bonds. The molecule has 0 spiro atoms. The first kappa shape index (κ1) is 23.3. The van der Waals surface area contributed by atoms with Gasteiger partial charge in [0.25, 0.3) is 5.91 Å². The van der Waals surface area contributed by atoms with E-state index in [-0.39, 0.29) is 10.8 Å². The van der Waals surface area contributed by atoms with E-state index < -0.39 is 10.0 Å². The highest BCUT2D eigenvalue weighted by Crippen LogP contribution is 2.34. The molecule has 1 atom stereocenters. The fourth-order valence-corrected chi connectivity index (χ4v) is 7.60. The Kier molecular flexibility index (Phi) is 5.89. The first-order valence-corrected chi connectivity index (χ1v) is 14.5. The smallest absolute Gasteiger partial charge is 0.256 e. The lowest BCUT2D eigenvalue weighted by molar-refractivity contribution is 0.102. The number of amides is 1. The lowest BCUT2D eigenvalue weighted by Crippen LogP contribution is -2.39. The first-order chi connectivity index (χ1) is 17.4. The average Bonchev–Trinajstić information content (AvgIpc) is 3.59. The quantitative estimate of drug-likeness (QED) is 0.413. The van der Waals surface area contributed by atoms with Crippen molar-refractivity contribution in [2.24, 2.45) is 5.92 Å². The Labute approximate surface area is 214 Å². The molecule has 4 aromatic rings. The van der Waals surface area contributed by atoms with E-state index in [1.807, 2.05) is 24.3 Å². The fraction of sp³-hybridized carbons (Fsp3) is 0.346. The van der Waals surface area contributed by atoms with Crippen LogP contribution in [0.15, 0.2) is 53.4 Å². The summed E-state index contributed by atoms with van der Waals surface area (Å²) >= 11 is 1.53. The van der Waals surface area contributed by atoms with Gasteiger partial charge in [-0.1, -0.05) is 30.4 Å². The number of benzene rings is 2. The van der Waals surface area contributed by atoms with Crippen LogP contribution in [0.1, 0.15) is 47.8 Å². The van der Waals surface area contributed by atoms with Crippen LogP contribution in [0.2, 0.25) is 0 Å². The normalized spacial score (nSPS) is 18.4. The molecule has 186 valence electrons. The summed E-state index contributed by atoms with van der Waals surface area (Å²) in [5, 5.41) is 8.52. The first-order valence-electron chi connectivity index (χ1n) is 12.3. The van der Waals surface area contributed by atoms with E-state index in [0.29, 0.717) is 35.5 Å².